The molecule has 0 saturated heterocycles. The molecule has 0 heterocycles. The maximum atomic E-state index is 11.9. The molecule has 0 rings (SSSR count). The van der Waals surface area contributed by atoms with Gasteiger partial charge in [-0.1, -0.05) is 413 Å². The zero-order valence-corrected chi connectivity index (χ0v) is 59.5. The van der Waals surface area contributed by atoms with Crippen LogP contribution in [0.25, 0.3) is 0 Å². The van der Waals surface area contributed by atoms with E-state index in [1.807, 2.05) is 0 Å². The van der Waals surface area contributed by atoms with Gasteiger partial charge in [0.05, 0.1) is 26.4 Å². The third-order valence-corrected chi connectivity index (χ3v) is 19.0. The van der Waals surface area contributed by atoms with Crippen LogP contribution < -0.4 is 9.79 Å². The van der Waals surface area contributed by atoms with E-state index in [0.717, 1.165) is 51.4 Å². The number of hydrogen-bond acceptors (Lipinski definition) is 8. The fourth-order valence-corrected chi connectivity index (χ4v) is 12.9. The molecule has 0 fully saturated rings. The van der Waals surface area contributed by atoms with E-state index in [1.165, 1.54) is 360 Å². The Balaban J connectivity index is -0.00000152. The SMILES string of the molecule is CCCCCCCCCCCCCCCCCCOP(=O)([O-])OCCCCCCCCCCCCCCCCCC.CCCCCCCCCCCCCCCCCCOP(=O)([O-])OCCCCCCCCCCCCCCCCCC.[Fe+2]. The molecule has 11 heteroatoms. The summed E-state index contributed by atoms with van der Waals surface area (Å²) in [6.45, 7) is 10.2. The van der Waals surface area contributed by atoms with Gasteiger partial charge in [-0.25, -0.2) is 0 Å². The molecule has 0 bridgehead atoms. The van der Waals surface area contributed by atoms with Crippen molar-refractivity contribution in [3.05, 3.63) is 0 Å². The van der Waals surface area contributed by atoms with Crippen molar-refractivity contribution < 1.29 is 54.1 Å². The molecule has 0 aromatic rings. The van der Waals surface area contributed by atoms with Crippen LogP contribution in [0.3, 0.4) is 0 Å². The maximum absolute atomic E-state index is 11.9. The van der Waals surface area contributed by atoms with Gasteiger partial charge in [0.1, 0.15) is 0 Å². The molecule has 0 aliphatic rings. The number of unbranched alkanes of at least 4 members (excludes halogenated alkanes) is 60. The van der Waals surface area contributed by atoms with Crippen LogP contribution in [-0.2, 0) is 44.3 Å². The summed E-state index contributed by atoms with van der Waals surface area (Å²) < 4.78 is 44.1. The van der Waals surface area contributed by atoms with E-state index in [1.54, 1.807) is 0 Å². The second-order valence-electron chi connectivity index (χ2n) is 25.4. The minimum atomic E-state index is -4.12. The molecule has 0 atom stereocenters. The van der Waals surface area contributed by atoms with E-state index in [-0.39, 0.29) is 43.5 Å². The Morgan fingerprint density at radius 1 is 0.181 bits per heavy atom. The van der Waals surface area contributed by atoms with Crippen LogP contribution in [0, 0.1) is 0 Å². The Labute approximate surface area is 531 Å². The summed E-state index contributed by atoms with van der Waals surface area (Å²) in [6.07, 6.45) is 83.7. The summed E-state index contributed by atoms with van der Waals surface area (Å²) in [5, 5.41) is 0. The van der Waals surface area contributed by atoms with Gasteiger partial charge >= 0.3 is 17.1 Å². The van der Waals surface area contributed by atoms with Gasteiger partial charge in [0, 0.05) is 0 Å². The summed E-state index contributed by atoms with van der Waals surface area (Å²) in [7, 11) is -8.24. The van der Waals surface area contributed by atoms with Crippen LogP contribution in [0.5, 0.6) is 0 Å². The fourth-order valence-electron chi connectivity index (χ4n) is 11.4. The Morgan fingerprint density at radius 3 is 0.361 bits per heavy atom. The first-order valence-corrected chi connectivity index (χ1v) is 40.4. The third kappa shape index (κ3) is 82.7. The quantitative estimate of drug-likeness (QED) is 0.0336. The van der Waals surface area contributed by atoms with E-state index < -0.39 is 15.6 Å². The van der Waals surface area contributed by atoms with Crippen LogP contribution in [-0.4, -0.2) is 26.4 Å². The van der Waals surface area contributed by atoms with Gasteiger partial charge in [0.25, 0.3) is 15.6 Å². The van der Waals surface area contributed by atoms with Crippen LogP contribution in [0.1, 0.15) is 439 Å². The van der Waals surface area contributed by atoms with Crippen molar-refractivity contribution in [2.24, 2.45) is 0 Å². The number of phosphoric acid groups is 2. The first kappa shape index (κ1) is 87.9. The molecular weight excluding hydrogens is 1110 g/mol. The number of phosphoric ester groups is 2. The van der Waals surface area contributed by atoms with Gasteiger partial charge in [0.15, 0.2) is 0 Å². The average Bonchev–Trinajstić information content (AvgIpc) is 3.46. The molecule has 0 saturated carbocycles. The van der Waals surface area contributed by atoms with Crippen molar-refractivity contribution in [2.45, 2.75) is 439 Å². The zero-order chi connectivity index (χ0) is 59.9. The van der Waals surface area contributed by atoms with E-state index >= 15 is 0 Å². The topological polar surface area (TPSA) is 117 Å². The van der Waals surface area contributed by atoms with Crippen molar-refractivity contribution in [1.82, 2.24) is 0 Å². The minimum Gasteiger partial charge on any atom is -0.756 e. The molecule has 0 N–H and O–H groups in total. The molecule has 0 aromatic carbocycles. The average molecular weight is 1260 g/mol. The number of rotatable bonds is 72. The van der Waals surface area contributed by atoms with Gasteiger partial charge in [-0.15, -0.1) is 0 Å². The van der Waals surface area contributed by atoms with Crippen molar-refractivity contribution in [3.63, 3.8) is 0 Å². The van der Waals surface area contributed by atoms with Gasteiger partial charge in [-0.3, -0.25) is 9.13 Å². The summed E-state index contributed by atoms with van der Waals surface area (Å²) >= 11 is 0. The van der Waals surface area contributed by atoms with Crippen LogP contribution in [0.4, 0.5) is 0 Å². The summed E-state index contributed by atoms with van der Waals surface area (Å²) in [4.78, 5) is 23.9. The molecule has 0 amide bonds. The molecule has 0 spiro atoms. The normalized spacial score (nSPS) is 11.8. The van der Waals surface area contributed by atoms with E-state index in [4.69, 9.17) is 18.1 Å². The molecule has 0 aliphatic carbocycles. The fraction of sp³-hybridized carbons (Fsp3) is 1.00. The monoisotopic (exact) mass is 1260 g/mol. The Kier molecular flexibility index (Phi) is 81.6. The molecule has 0 aliphatic heterocycles. The van der Waals surface area contributed by atoms with E-state index in [0.29, 0.717) is 0 Å². The largest absolute Gasteiger partial charge is 2.00 e. The molecule has 502 valence electrons. The van der Waals surface area contributed by atoms with Gasteiger partial charge in [-0.05, 0) is 25.7 Å². The maximum Gasteiger partial charge on any atom is 2.00 e. The van der Waals surface area contributed by atoms with Crippen LogP contribution >= 0.6 is 15.6 Å². The first-order valence-electron chi connectivity index (χ1n) is 37.4. The minimum absolute atomic E-state index is 0. The van der Waals surface area contributed by atoms with E-state index in [2.05, 4.69) is 27.7 Å². The molecular formula is C72H148FeO8P2. The molecule has 0 unspecified atom stereocenters. The smallest absolute Gasteiger partial charge is 0.756 e. The molecule has 8 nitrogen and oxygen atoms in total. The predicted octanol–water partition coefficient (Wildman–Crippen LogP) is 26.0. The third-order valence-electron chi connectivity index (χ3n) is 17.0. The van der Waals surface area contributed by atoms with Crippen LogP contribution in [0.2, 0.25) is 0 Å². The van der Waals surface area contributed by atoms with Crippen molar-refractivity contribution in [2.75, 3.05) is 26.4 Å². The summed E-state index contributed by atoms with van der Waals surface area (Å²) in [5.41, 5.74) is 0. The van der Waals surface area contributed by atoms with Gasteiger partial charge < -0.3 is 27.9 Å². The predicted molar refractivity (Wildman–Crippen MR) is 357 cm³/mol. The second-order valence-corrected chi connectivity index (χ2v) is 28.3. The zero-order valence-electron chi connectivity index (χ0n) is 56.6. The van der Waals surface area contributed by atoms with Gasteiger partial charge in [-0.2, -0.15) is 0 Å². The Bertz CT molecular complexity index is 1070. The van der Waals surface area contributed by atoms with Crippen molar-refractivity contribution >= 4 is 15.6 Å². The number of hydrogen-bond donors (Lipinski definition) is 0. The molecule has 0 radical (unpaired) electrons. The van der Waals surface area contributed by atoms with Crippen molar-refractivity contribution in [1.29, 1.82) is 0 Å². The molecule has 83 heavy (non-hydrogen) atoms. The summed E-state index contributed by atoms with van der Waals surface area (Å²) in [5.74, 6) is 0. The first-order chi connectivity index (χ1) is 40.2. The summed E-state index contributed by atoms with van der Waals surface area (Å²) in [6, 6.07) is 0. The van der Waals surface area contributed by atoms with Gasteiger partial charge in [0.2, 0.25) is 0 Å². The van der Waals surface area contributed by atoms with E-state index in [9.17, 15) is 18.9 Å². The van der Waals surface area contributed by atoms with Crippen molar-refractivity contribution in [3.8, 4) is 0 Å². The Morgan fingerprint density at radius 2 is 0.265 bits per heavy atom. The Hall–Kier alpha value is 0.739. The standard InChI is InChI=1S/2C36H75O4P.Fe/c2*1-3-5-7-9-11-13-15-17-19-21-23-25-27-29-31-33-35-39-41(37,38)40-36-34-32-30-28-26-24-22-20-18-16-14-12-10-8-6-4-2;/h2*3-36H2,1-2H3,(H,37,38);/q;;+2/p-2. The van der Waals surface area contributed by atoms with Crippen LogP contribution in [0.15, 0.2) is 0 Å². The second kappa shape index (κ2) is 77.0. The molecule has 0 aromatic heterocycles.